The third-order valence-corrected chi connectivity index (χ3v) is 2.18. The highest BCUT2D eigenvalue weighted by Gasteiger charge is 2.24. The maximum Gasteiger partial charge on any atom is 0.229 e. The number of benzene rings is 1. The van der Waals surface area contributed by atoms with Gasteiger partial charge in [0.05, 0.1) is 11.3 Å². The fourth-order valence-electron chi connectivity index (χ4n) is 1.11. The molecule has 0 aliphatic rings. The second-order valence-corrected chi connectivity index (χ2v) is 4.64. The number of carbonyl (C=O) groups is 2. The fourth-order valence-corrected chi connectivity index (χ4v) is 1.11. The van der Waals surface area contributed by atoms with Gasteiger partial charge in [-0.1, -0.05) is 20.8 Å². The number of halogens is 2. The molecular weight excluding hydrogens is 228 g/mol. The van der Waals surface area contributed by atoms with E-state index < -0.39 is 34.2 Å². The summed E-state index contributed by atoms with van der Waals surface area (Å²) in [5, 5.41) is 2.23. The van der Waals surface area contributed by atoms with Gasteiger partial charge in [0.25, 0.3) is 0 Å². The van der Waals surface area contributed by atoms with Crippen molar-refractivity contribution < 1.29 is 18.4 Å². The Balaban J connectivity index is 3.19. The number of hydrogen-bond donors (Lipinski definition) is 1. The summed E-state index contributed by atoms with van der Waals surface area (Å²) >= 11 is 0. The molecule has 1 aromatic rings. The SMILES string of the molecule is CC(C)(C)C(=O)Nc1c(F)ccc(F)c1C=O. The van der Waals surface area contributed by atoms with E-state index in [1.807, 2.05) is 0 Å². The molecule has 0 saturated carbocycles. The number of hydrogen-bond acceptors (Lipinski definition) is 2. The van der Waals surface area contributed by atoms with Crippen molar-refractivity contribution in [1.29, 1.82) is 0 Å². The van der Waals surface area contributed by atoms with Crippen LogP contribution in [0.15, 0.2) is 12.1 Å². The number of carbonyl (C=O) groups excluding carboxylic acids is 2. The molecule has 0 atom stereocenters. The Bertz CT molecular complexity index is 464. The zero-order chi connectivity index (χ0) is 13.2. The van der Waals surface area contributed by atoms with E-state index in [2.05, 4.69) is 5.32 Å². The van der Waals surface area contributed by atoms with E-state index in [1.54, 1.807) is 20.8 Å². The van der Waals surface area contributed by atoms with Crippen LogP contribution < -0.4 is 5.32 Å². The molecule has 0 aliphatic carbocycles. The zero-order valence-electron chi connectivity index (χ0n) is 9.80. The molecule has 0 heterocycles. The van der Waals surface area contributed by atoms with Gasteiger partial charge in [0, 0.05) is 5.41 Å². The molecule has 1 aromatic carbocycles. The standard InChI is InChI=1S/C12H13F2NO2/c1-12(2,3)11(17)15-10-7(6-16)8(13)4-5-9(10)14/h4-6H,1-3H3,(H,15,17). The molecule has 0 fully saturated rings. The van der Waals surface area contributed by atoms with Crippen molar-refractivity contribution in [2.75, 3.05) is 5.32 Å². The average Bonchev–Trinajstić information content (AvgIpc) is 2.22. The Morgan fingerprint density at radius 3 is 2.24 bits per heavy atom. The summed E-state index contributed by atoms with van der Waals surface area (Å²) in [6, 6.07) is 1.70. The van der Waals surface area contributed by atoms with E-state index in [0.29, 0.717) is 0 Å². The molecule has 1 amide bonds. The van der Waals surface area contributed by atoms with Crippen LogP contribution in [0.5, 0.6) is 0 Å². The third-order valence-electron chi connectivity index (χ3n) is 2.18. The van der Waals surface area contributed by atoms with Crippen LogP contribution in [0.2, 0.25) is 0 Å². The maximum absolute atomic E-state index is 13.4. The molecule has 0 saturated heterocycles. The molecule has 1 N–H and O–H groups in total. The summed E-state index contributed by atoms with van der Waals surface area (Å²) in [6.07, 6.45) is 0.177. The summed E-state index contributed by atoms with van der Waals surface area (Å²) < 4.78 is 26.7. The van der Waals surface area contributed by atoms with Crippen molar-refractivity contribution in [3.8, 4) is 0 Å². The van der Waals surface area contributed by atoms with Gasteiger partial charge in [-0.2, -0.15) is 0 Å². The number of amides is 1. The second-order valence-electron chi connectivity index (χ2n) is 4.64. The van der Waals surface area contributed by atoms with Crippen molar-refractivity contribution in [2.24, 2.45) is 5.41 Å². The molecule has 5 heteroatoms. The van der Waals surface area contributed by atoms with Gasteiger partial charge < -0.3 is 5.32 Å². The lowest BCUT2D eigenvalue weighted by molar-refractivity contribution is -0.123. The molecular formula is C12H13F2NO2. The molecule has 0 spiro atoms. The quantitative estimate of drug-likeness (QED) is 0.809. The zero-order valence-corrected chi connectivity index (χ0v) is 9.80. The van der Waals surface area contributed by atoms with E-state index in [9.17, 15) is 18.4 Å². The lowest BCUT2D eigenvalue weighted by Gasteiger charge is -2.18. The van der Waals surface area contributed by atoms with Gasteiger partial charge in [-0.05, 0) is 12.1 Å². The van der Waals surface area contributed by atoms with Crippen LogP contribution in [0.25, 0.3) is 0 Å². The van der Waals surface area contributed by atoms with Crippen LogP contribution in [0.3, 0.4) is 0 Å². The molecule has 1 rings (SSSR count). The van der Waals surface area contributed by atoms with E-state index >= 15 is 0 Å². The lowest BCUT2D eigenvalue weighted by Crippen LogP contribution is -2.28. The summed E-state index contributed by atoms with van der Waals surface area (Å²) in [5.74, 6) is -2.21. The Morgan fingerprint density at radius 2 is 1.76 bits per heavy atom. The van der Waals surface area contributed by atoms with Gasteiger partial charge in [0.2, 0.25) is 5.91 Å². The fraction of sp³-hybridized carbons (Fsp3) is 0.333. The molecule has 17 heavy (non-hydrogen) atoms. The van der Waals surface area contributed by atoms with Gasteiger partial charge in [0.1, 0.15) is 11.6 Å². The van der Waals surface area contributed by atoms with Gasteiger partial charge in [-0.25, -0.2) is 8.78 Å². The molecule has 0 bridgehead atoms. The Kier molecular flexibility index (Phi) is 3.60. The van der Waals surface area contributed by atoms with Gasteiger partial charge >= 0.3 is 0 Å². The monoisotopic (exact) mass is 241 g/mol. The van der Waals surface area contributed by atoms with Crippen molar-refractivity contribution in [3.63, 3.8) is 0 Å². The minimum Gasteiger partial charge on any atom is -0.322 e. The number of aldehydes is 1. The average molecular weight is 241 g/mol. The molecule has 0 unspecified atom stereocenters. The summed E-state index contributed by atoms with van der Waals surface area (Å²) in [6.45, 7) is 4.88. The Labute approximate surface area is 97.8 Å². The molecule has 92 valence electrons. The van der Waals surface area contributed by atoms with Crippen molar-refractivity contribution in [3.05, 3.63) is 29.3 Å². The van der Waals surface area contributed by atoms with Crippen LogP contribution in [0, 0.1) is 17.0 Å². The molecule has 0 aromatic heterocycles. The first kappa shape index (κ1) is 13.3. The minimum absolute atomic E-state index is 0.177. The predicted molar refractivity (Wildman–Crippen MR) is 59.8 cm³/mol. The summed E-state index contributed by atoms with van der Waals surface area (Å²) in [4.78, 5) is 22.3. The van der Waals surface area contributed by atoms with E-state index in [4.69, 9.17) is 0 Å². The first-order valence-electron chi connectivity index (χ1n) is 5.02. The highest BCUT2D eigenvalue weighted by atomic mass is 19.1. The predicted octanol–water partition coefficient (Wildman–Crippen LogP) is 2.76. The van der Waals surface area contributed by atoms with Crippen LogP contribution >= 0.6 is 0 Å². The first-order valence-corrected chi connectivity index (χ1v) is 5.02. The molecule has 0 aliphatic heterocycles. The van der Waals surface area contributed by atoms with Crippen LogP contribution in [0.4, 0.5) is 14.5 Å². The van der Waals surface area contributed by atoms with Crippen LogP contribution in [-0.4, -0.2) is 12.2 Å². The van der Waals surface area contributed by atoms with Gasteiger partial charge in [-0.3, -0.25) is 9.59 Å². The highest BCUT2D eigenvalue weighted by Crippen LogP contribution is 2.24. The van der Waals surface area contributed by atoms with E-state index in [1.165, 1.54) is 0 Å². The first-order chi connectivity index (χ1) is 7.77. The van der Waals surface area contributed by atoms with Gasteiger partial charge in [-0.15, -0.1) is 0 Å². The van der Waals surface area contributed by atoms with Crippen LogP contribution in [0.1, 0.15) is 31.1 Å². The Morgan fingerprint density at radius 1 is 1.24 bits per heavy atom. The van der Waals surface area contributed by atoms with E-state index in [-0.39, 0.29) is 6.29 Å². The summed E-state index contributed by atoms with van der Waals surface area (Å²) in [7, 11) is 0. The van der Waals surface area contributed by atoms with Crippen molar-refractivity contribution >= 4 is 17.9 Å². The van der Waals surface area contributed by atoms with E-state index in [0.717, 1.165) is 12.1 Å². The van der Waals surface area contributed by atoms with Gasteiger partial charge in [0.15, 0.2) is 6.29 Å². The number of anilines is 1. The second kappa shape index (κ2) is 4.61. The molecule has 3 nitrogen and oxygen atoms in total. The van der Waals surface area contributed by atoms with Crippen molar-refractivity contribution in [2.45, 2.75) is 20.8 Å². The number of nitrogens with one attached hydrogen (secondary N) is 1. The largest absolute Gasteiger partial charge is 0.322 e. The van der Waals surface area contributed by atoms with Crippen LogP contribution in [-0.2, 0) is 4.79 Å². The summed E-state index contributed by atoms with van der Waals surface area (Å²) in [5.41, 5.74) is -1.67. The Hall–Kier alpha value is -1.78. The number of rotatable bonds is 2. The van der Waals surface area contributed by atoms with Crippen molar-refractivity contribution in [1.82, 2.24) is 0 Å². The third kappa shape index (κ3) is 2.87. The smallest absolute Gasteiger partial charge is 0.229 e. The maximum atomic E-state index is 13.4. The normalized spacial score (nSPS) is 11.1. The molecule has 0 radical (unpaired) electrons. The highest BCUT2D eigenvalue weighted by molar-refractivity contribution is 5.99. The topological polar surface area (TPSA) is 46.2 Å². The lowest BCUT2D eigenvalue weighted by atomic mass is 9.95. The minimum atomic E-state index is -0.870.